The molecule has 0 saturated carbocycles. The number of rotatable bonds is 3. The quantitative estimate of drug-likeness (QED) is 0.867. The molecule has 3 rings (SSSR count). The zero-order chi connectivity index (χ0) is 18.0. The molecule has 2 heterocycles. The molecule has 25 heavy (non-hydrogen) atoms. The highest BCUT2D eigenvalue weighted by atomic mass is 16.4. The van der Waals surface area contributed by atoms with Crippen molar-refractivity contribution in [2.75, 3.05) is 13.1 Å². The lowest BCUT2D eigenvalue weighted by Crippen LogP contribution is -2.48. The van der Waals surface area contributed by atoms with Gasteiger partial charge in [-0.2, -0.15) is 0 Å². The van der Waals surface area contributed by atoms with E-state index in [1.54, 1.807) is 24.3 Å². The highest BCUT2D eigenvalue weighted by Crippen LogP contribution is 2.15. The van der Waals surface area contributed by atoms with E-state index in [0.29, 0.717) is 36.9 Å². The second-order valence-electron chi connectivity index (χ2n) is 6.71. The van der Waals surface area contributed by atoms with Gasteiger partial charge in [0.15, 0.2) is 0 Å². The van der Waals surface area contributed by atoms with Crippen LogP contribution >= 0.6 is 0 Å². The van der Waals surface area contributed by atoms with Gasteiger partial charge in [0.05, 0.1) is 0 Å². The first-order chi connectivity index (χ1) is 12.0. The normalized spacial score (nSPS) is 15.6. The second kappa shape index (κ2) is 7.09. The Hall–Kier alpha value is -2.63. The van der Waals surface area contributed by atoms with Gasteiger partial charge in [0.1, 0.15) is 11.1 Å². The lowest BCUT2D eigenvalue weighted by Gasteiger charge is -2.33. The molecule has 0 bridgehead atoms. The van der Waals surface area contributed by atoms with Crippen molar-refractivity contribution in [2.24, 2.45) is 5.92 Å². The van der Waals surface area contributed by atoms with Gasteiger partial charge in [-0.05, 0) is 25.0 Å². The van der Waals surface area contributed by atoms with Crippen LogP contribution in [0.4, 0.5) is 0 Å². The predicted octanol–water partition coefficient (Wildman–Crippen LogP) is 2.17. The smallest absolute Gasteiger partial charge is 0.349 e. The standard InChI is InChI=1S/C19H22N2O4/c1-12(2)18(23)21-9-7-14(8-10-21)20-17(22)15-11-13-5-3-4-6-16(13)25-19(15)24/h3-6,11-12,14H,7-10H2,1-2H3,(H,20,22). The minimum Gasteiger partial charge on any atom is -0.422 e. The summed E-state index contributed by atoms with van der Waals surface area (Å²) in [4.78, 5) is 38.3. The maximum Gasteiger partial charge on any atom is 0.349 e. The van der Waals surface area contributed by atoms with E-state index in [1.165, 1.54) is 0 Å². The fourth-order valence-electron chi connectivity index (χ4n) is 3.09. The molecular weight excluding hydrogens is 320 g/mol. The molecule has 2 aromatic rings. The van der Waals surface area contributed by atoms with Crippen molar-refractivity contribution < 1.29 is 14.0 Å². The number of para-hydroxylation sites is 1. The summed E-state index contributed by atoms with van der Waals surface area (Å²) in [7, 11) is 0. The predicted molar refractivity (Wildman–Crippen MR) is 94.4 cm³/mol. The molecule has 1 saturated heterocycles. The Kier molecular flexibility index (Phi) is 4.88. The summed E-state index contributed by atoms with van der Waals surface area (Å²) in [6.45, 7) is 5.01. The highest BCUT2D eigenvalue weighted by Gasteiger charge is 2.26. The van der Waals surface area contributed by atoms with Crippen LogP contribution in [0.15, 0.2) is 39.5 Å². The van der Waals surface area contributed by atoms with E-state index in [4.69, 9.17) is 4.42 Å². The third kappa shape index (κ3) is 3.73. The number of benzene rings is 1. The molecule has 0 unspecified atom stereocenters. The van der Waals surface area contributed by atoms with E-state index >= 15 is 0 Å². The van der Waals surface area contributed by atoms with Gasteiger partial charge >= 0.3 is 5.63 Å². The average molecular weight is 342 g/mol. The third-order valence-electron chi connectivity index (χ3n) is 4.52. The Morgan fingerprint density at radius 2 is 1.88 bits per heavy atom. The molecule has 1 aliphatic heterocycles. The lowest BCUT2D eigenvalue weighted by molar-refractivity contribution is -0.135. The molecule has 6 heteroatoms. The van der Waals surface area contributed by atoms with Crippen LogP contribution in [0.1, 0.15) is 37.0 Å². The van der Waals surface area contributed by atoms with E-state index in [-0.39, 0.29) is 23.4 Å². The molecule has 132 valence electrons. The van der Waals surface area contributed by atoms with Crippen LogP contribution in [0.2, 0.25) is 0 Å². The Balaban J connectivity index is 1.67. The average Bonchev–Trinajstić information content (AvgIpc) is 2.61. The maximum absolute atomic E-state index is 12.4. The van der Waals surface area contributed by atoms with Gasteiger partial charge in [0, 0.05) is 30.4 Å². The Morgan fingerprint density at radius 1 is 1.20 bits per heavy atom. The number of carbonyl (C=O) groups excluding carboxylic acids is 2. The number of likely N-dealkylation sites (tertiary alicyclic amines) is 1. The fraction of sp³-hybridized carbons (Fsp3) is 0.421. The van der Waals surface area contributed by atoms with Crippen LogP contribution in [-0.2, 0) is 4.79 Å². The summed E-state index contributed by atoms with van der Waals surface area (Å²) in [5, 5.41) is 3.61. The molecule has 2 amide bonds. The van der Waals surface area contributed by atoms with Crippen molar-refractivity contribution in [3.8, 4) is 0 Å². The van der Waals surface area contributed by atoms with Gasteiger partial charge in [-0.3, -0.25) is 9.59 Å². The van der Waals surface area contributed by atoms with Crippen LogP contribution in [0.25, 0.3) is 11.0 Å². The summed E-state index contributed by atoms with van der Waals surface area (Å²) in [6, 6.07) is 8.61. The topological polar surface area (TPSA) is 79.6 Å². The Labute approximate surface area is 145 Å². The van der Waals surface area contributed by atoms with Crippen molar-refractivity contribution in [1.29, 1.82) is 0 Å². The van der Waals surface area contributed by atoms with Gasteiger partial charge in [0.25, 0.3) is 5.91 Å². The minimum atomic E-state index is -0.636. The van der Waals surface area contributed by atoms with Crippen molar-refractivity contribution in [3.63, 3.8) is 0 Å². The minimum absolute atomic E-state index is 0.0133. The van der Waals surface area contributed by atoms with Crippen molar-refractivity contribution in [2.45, 2.75) is 32.7 Å². The first kappa shape index (κ1) is 17.2. The zero-order valence-corrected chi connectivity index (χ0v) is 14.5. The molecule has 0 aliphatic carbocycles. The molecule has 1 N–H and O–H groups in total. The van der Waals surface area contributed by atoms with Crippen LogP contribution in [-0.4, -0.2) is 35.8 Å². The van der Waals surface area contributed by atoms with Crippen molar-refractivity contribution in [3.05, 3.63) is 46.3 Å². The molecule has 0 atom stereocenters. The summed E-state index contributed by atoms with van der Waals surface area (Å²) in [6.07, 6.45) is 1.37. The van der Waals surface area contributed by atoms with Gasteiger partial charge in [0.2, 0.25) is 5.91 Å². The van der Waals surface area contributed by atoms with Crippen molar-refractivity contribution in [1.82, 2.24) is 10.2 Å². The van der Waals surface area contributed by atoms with Crippen LogP contribution in [0.5, 0.6) is 0 Å². The summed E-state index contributed by atoms with van der Waals surface area (Å²) in [5.74, 6) is -0.304. The molecule has 1 aromatic carbocycles. The molecule has 0 radical (unpaired) electrons. The maximum atomic E-state index is 12.4. The number of nitrogens with one attached hydrogen (secondary N) is 1. The van der Waals surface area contributed by atoms with E-state index in [0.717, 1.165) is 0 Å². The molecular formula is C19H22N2O4. The summed E-state index contributed by atoms with van der Waals surface area (Å²) < 4.78 is 5.21. The summed E-state index contributed by atoms with van der Waals surface area (Å²) in [5.41, 5.74) is -0.160. The van der Waals surface area contributed by atoms with E-state index in [1.807, 2.05) is 24.8 Å². The summed E-state index contributed by atoms with van der Waals surface area (Å²) >= 11 is 0. The number of amides is 2. The van der Waals surface area contributed by atoms with E-state index in [9.17, 15) is 14.4 Å². The Morgan fingerprint density at radius 3 is 2.56 bits per heavy atom. The number of fused-ring (bicyclic) bond motifs is 1. The van der Waals surface area contributed by atoms with E-state index in [2.05, 4.69) is 5.32 Å². The SMILES string of the molecule is CC(C)C(=O)N1CCC(NC(=O)c2cc3ccccc3oc2=O)CC1. The lowest BCUT2D eigenvalue weighted by atomic mass is 10.0. The second-order valence-corrected chi connectivity index (χ2v) is 6.71. The van der Waals surface area contributed by atoms with Gasteiger partial charge in [-0.1, -0.05) is 32.0 Å². The van der Waals surface area contributed by atoms with Crippen LogP contribution < -0.4 is 10.9 Å². The molecule has 6 nitrogen and oxygen atoms in total. The number of hydrogen-bond donors (Lipinski definition) is 1. The van der Waals surface area contributed by atoms with Crippen molar-refractivity contribution >= 4 is 22.8 Å². The van der Waals surface area contributed by atoms with Crippen LogP contribution in [0.3, 0.4) is 0 Å². The number of piperidine rings is 1. The first-order valence-electron chi connectivity index (χ1n) is 8.58. The number of nitrogens with zero attached hydrogens (tertiary/aromatic N) is 1. The monoisotopic (exact) mass is 342 g/mol. The molecule has 1 fully saturated rings. The first-order valence-corrected chi connectivity index (χ1v) is 8.58. The van der Waals surface area contributed by atoms with Crippen LogP contribution in [0, 0.1) is 5.92 Å². The number of carbonyl (C=O) groups is 2. The largest absolute Gasteiger partial charge is 0.422 e. The molecule has 1 aromatic heterocycles. The Bertz CT molecular complexity index is 848. The van der Waals surface area contributed by atoms with E-state index < -0.39 is 11.5 Å². The molecule has 0 spiro atoms. The highest BCUT2D eigenvalue weighted by molar-refractivity contribution is 5.96. The number of hydrogen-bond acceptors (Lipinski definition) is 4. The zero-order valence-electron chi connectivity index (χ0n) is 14.5. The third-order valence-corrected chi connectivity index (χ3v) is 4.52. The molecule has 1 aliphatic rings. The van der Waals surface area contributed by atoms with Gasteiger partial charge < -0.3 is 14.6 Å². The van der Waals surface area contributed by atoms with Gasteiger partial charge in [-0.25, -0.2) is 4.79 Å². The van der Waals surface area contributed by atoms with Gasteiger partial charge in [-0.15, -0.1) is 0 Å². The fourth-order valence-corrected chi connectivity index (χ4v) is 3.09.